The number of aliphatic imine (C=N–C) groups is 1. The number of oxime groups is 2. The number of fused-ring (bicyclic) bond motifs is 3. The molecule has 3 saturated carbocycles. The van der Waals surface area contributed by atoms with Crippen molar-refractivity contribution in [3.05, 3.63) is 0 Å². The number of amides is 1. The lowest BCUT2D eigenvalue weighted by Crippen LogP contribution is -2.48. The highest BCUT2D eigenvalue weighted by molar-refractivity contribution is 6.25. The second kappa shape index (κ2) is 8.29. The lowest BCUT2D eigenvalue weighted by Gasteiger charge is -2.30. The van der Waals surface area contributed by atoms with Crippen LogP contribution >= 0.6 is 0 Å². The van der Waals surface area contributed by atoms with Crippen LogP contribution in [-0.2, 0) is 14.5 Å². The van der Waals surface area contributed by atoms with Crippen LogP contribution in [0.5, 0.6) is 0 Å². The molecule has 11 heteroatoms. The van der Waals surface area contributed by atoms with E-state index in [9.17, 15) is 15.3 Å². The summed E-state index contributed by atoms with van der Waals surface area (Å²) in [6.07, 6.45) is 9.13. The third kappa shape index (κ3) is 2.69. The highest BCUT2D eigenvalue weighted by atomic mass is 16.8. The van der Waals surface area contributed by atoms with Crippen LogP contribution in [0.2, 0.25) is 0 Å². The normalized spacial score (nSPS) is 34.5. The summed E-state index contributed by atoms with van der Waals surface area (Å²) in [7, 11) is 0. The second-order valence-corrected chi connectivity index (χ2v) is 10.6. The monoisotopic (exact) mass is 492 g/mol. The summed E-state index contributed by atoms with van der Waals surface area (Å²) >= 11 is 0. The van der Waals surface area contributed by atoms with Crippen molar-refractivity contribution in [2.45, 2.75) is 96.9 Å². The Kier molecular flexibility index (Phi) is 5.58. The van der Waals surface area contributed by atoms with E-state index in [1.54, 1.807) is 6.92 Å². The Morgan fingerprint density at radius 2 is 1.50 bits per heavy atom. The van der Waals surface area contributed by atoms with Gasteiger partial charge in [-0.2, -0.15) is 20.6 Å². The topological polar surface area (TPSA) is 162 Å². The molecule has 0 aromatic heterocycles. The van der Waals surface area contributed by atoms with Gasteiger partial charge < -0.3 is 15.4 Å². The molecule has 0 aromatic carbocycles. The molecule has 2 heterocycles. The van der Waals surface area contributed by atoms with Crippen molar-refractivity contribution in [1.82, 2.24) is 5.01 Å². The Labute approximate surface area is 210 Å². The van der Waals surface area contributed by atoms with Gasteiger partial charge in [0.15, 0.2) is 5.41 Å². The summed E-state index contributed by atoms with van der Waals surface area (Å²) in [6, 6.07) is 4.11. The van der Waals surface area contributed by atoms with Gasteiger partial charge in [0.05, 0.1) is 29.3 Å². The standard InChI is InChI=1S/C25H32N8O3/c1-16(2)33-21(34)24(17(3)30-33)22(14-26)20(28)29-25(23(22,24)15-27,35-31-18-10-6-4-7-11-18)36-32-19-12-8-5-9-13-19/h16H,4-13H2,1-3H3,(H2,28,29). The molecule has 0 bridgehead atoms. The zero-order valence-corrected chi connectivity index (χ0v) is 21.1. The SMILES string of the molecule is CC1=NN(C(C)C)C(=O)C12C1(C#N)C(N)=NC(ON=C3CCCCC3)(ON=C3CCCCC3)C12C#N. The van der Waals surface area contributed by atoms with Crippen molar-refractivity contribution in [1.29, 1.82) is 10.5 Å². The Bertz CT molecular complexity index is 1140. The Balaban J connectivity index is 1.67. The molecule has 2 N–H and O–H groups in total. The third-order valence-electron chi connectivity index (χ3n) is 8.36. The minimum atomic E-state index is -2.20. The summed E-state index contributed by atoms with van der Waals surface area (Å²) in [5, 5.41) is 35.8. The van der Waals surface area contributed by atoms with Gasteiger partial charge in [0, 0.05) is 6.04 Å². The van der Waals surface area contributed by atoms with E-state index in [1.165, 1.54) is 5.01 Å². The second-order valence-electron chi connectivity index (χ2n) is 10.6. The number of carbonyl (C=O) groups is 1. The number of carbonyl (C=O) groups excluding carboxylic acids is 1. The van der Waals surface area contributed by atoms with Crippen LogP contribution in [-0.4, -0.2) is 45.8 Å². The maximum atomic E-state index is 13.9. The van der Waals surface area contributed by atoms with Crippen molar-refractivity contribution in [2.24, 2.45) is 42.4 Å². The third-order valence-corrected chi connectivity index (χ3v) is 8.36. The van der Waals surface area contributed by atoms with E-state index in [4.69, 9.17) is 15.4 Å². The van der Waals surface area contributed by atoms with Crippen LogP contribution in [0.4, 0.5) is 0 Å². The molecule has 3 unspecified atom stereocenters. The van der Waals surface area contributed by atoms with Gasteiger partial charge >= 0.3 is 5.91 Å². The Morgan fingerprint density at radius 3 is 1.92 bits per heavy atom. The fourth-order valence-electron chi connectivity index (χ4n) is 6.58. The number of rotatable bonds is 5. The lowest BCUT2D eigenvalue weighted by atomic mass is 9.85. The van der Waals surface area contributed by atoms with E-state index in [1.807, 2.05) is 13.8 Å². The molecule has 3 atom stereocenters. The first-order valence-electron chi connectivity index (χ1n) is 12.8. The van der Waals surface area contributed by atoms with Gasteiger partial charge in [-0.25, -0.2) is 5.01 Å². The number of nitrogens with two attached hydrogens (primary N) is 1. The average Bonchev–Trinajstić information content (AvgIpc) is 3.28. The van der Waals surface area contributed by atoms with Crippen LogP contribution in [0.1, 0.15) is 85.0 Å². The molecule has 2 aliphatic heterocycles. The maximum absolute atomic E-state index is 13.9. The van der Waals surface area contributed by atoms with Gasteiger partial charge in [-0.1, -0.05) is 23.2 Å². The largest absolute Gasteiger partial charge is 0.422 e. The smallest absolute Gasteiger partial charge is 0.386 e. The summed E-state index contributed by atoms with van der Waals surface area (Å²) in [5.74, 6) is -2.90. The zero-order valence-electron chi connectivity index (χ0n) is 21.1. The number of hydrogen-bond acceptors (Lipinski definition) is 10. The van der Waals surface area contributed by atoms with Crippen molar-refractivity contribution in [3.63, 3.8) is 0 Å². The number of hydrogen-bond donors (Lipinski definition) is 1. The number of nitriles is 2. The quantitative estimate of drug-likeness (QED) is 0.457. The van der Waals surface area contributed by atoms with Crippen molar-refractivity contribution in [3.8, 4) is 12.1 Å². The Morgan fingerprint density at radius 1 is 0.972 bits per heavy atom. The van der Waals surface area contributed by atoms with Gasteiger partial charge in [-0.05, 0) is 72.1 Å². The predicted molar refractivity (Wildman–Crippen MR) is 131 cm³/mol. The molecule has 1 spiro atoms. The maximum Gasteiger partial charge on any atom is 0.422 e. The lowest BCUT2D eigenvalue weighted by molar-refractivity contribution is -0.264. The van der Waals surface area contributed by atoms with Gasteiger partial charge in [-0.3, -0.25) is 4.79 Å². The van der Waals surface area contributed by atoms with Crippen LogP contribution in [0.3, 0.4) is 0 Å². The number of hydrazone groups is 1. The predicted octanol–water partition coefficient (Wildman–Crippen LogP) is 3.33. The summed E-state index contributed by atoms with van der Waals surface area (Å²) < 4.78 is 0. The van der Waals surface area contributed by atoms with Gasteiger partial charge in [-0.15, -0.1) is 0 Å². The molecular formula is C25H32N8O3. The van der Waals surface area contributed by atoms with Crippen LogP contribution in [0.25, 0.3) is 0 Å². The van der Waals surface area contributed by atoms with Crippen LogP contribution in [0, 0.1) is 38.9 Å². The van der Waals surface area contributed by atoms with E-state index in [0.717, 1.165) is 75.6 Å². The molecule has 5 rings (SSSR count). The highest BCUT2D eigenvalue weighted by Gasteiger charge is 3.08. The molecule has 36 heavy (non-hydrogen) atoms. The minimum absolute atomic E-state index is 0.201. The molecule has 0 saturated heterocycles. The number of nitrogens with zero attached hydrogens (tertiary/aromatic N) is 7. The molecule has 0 aromatic rings. The minimum Gasteiger partial charge on any atom is -0.386 e. The Hall–Kier alpha value is -3.47. The fraction of sp³-hybridized carbons (Fsp3) is 0.720. The molecule has 1 amide bonds. The zero-order chi connectivity index (χ0) is 25.8. The van der Waals surface area contributed by atoms with Crippen molar-refractivity contribution in [2.75, 3.05) is 0 Å². The molecule has 5 aliphatic rings. The van der Waals surface area contributed by atoms with E-state index in [-0.39, 0.29) is 11.9 Å². The first kappa shape index (κ1) is 24.2. The summed E-state index contributed by atoms with van der Waals surface area (Å²) in [5.41, 5.74) is 2.87. The van der Waals surface area contributed by atoms with Gasteiger partial charge in [0.2, 0.25) is 5.41 Å². The average molecular weight is 493 g/mol. The summed E-state index contributed by atoms with van der Waals surface area (Å²) in [6.45, 7) is 5.26. The highest BCUT2D eigenvalue weighted by Crippen LogP contribution is 2.87. The molecule has 190 valence electrons. The molecule has 11 nitrogen and oxygen atoms in total. The summed E-state index contributed by atoms with van der Waals surface area (Å²) in [4.78, 5) is 30.4. The van der Waals surface area contributed by atoms with Crippen molar-refractivity contribution >= 4 is 28.9 Å². The van der Waals surface area contributed by atoms with Crippen LogP contribution < -0.4 is 5.73 Å². The van der Waals surface area contributed by atoms with Gasteiger partial charge in [0.25, 0.3) is 5.91 Å². The first-order chi connectivity index (χ1) is 17.3. The fourth-order valence-corrected chi connectivity index (χ4v) is 6.58. The first-order valence-corrected chi connectivity index (χ1v) is 12.8. The van der Waals surface area contributed by atoms with E-state index in [2.05, 4.69) is 32.5 Å². The van der Waals surface area contributed by atoms with Crippen molar-refractivity contribution < 1.29 is 14.5 Å². The van der Waals surface area contributed by atoms with Gasteiger partial charge in [0.1, 0.15) is 11.3 Å². The number of amidine groups is 1. The van der Waals surface area contributed by atoms with E-state index >= 15 is 0 Å². The molecular weight excluding hydrogens is 460 g/mol. The van der Waals surface area contributed by atoms with E-state index in [0.29, 0.717) is 5.71 Å². The van der Waals surface area contributed by atoms with Crippen LogP contribution in [0.15, 0.2) is 20.4 Å². The molecule has 3 fully saturated rings. The van der Waals surface area contributed by atoms with E-state index < -0.39 is 28.1 Å². The molecule has 0 radical (unpaired) electrons. The molecule has 3 aliphatic carbocycles.